The minimum Gasteiger partial charge on any atom is -0.406 e. The molecule has 0 saturated carbocycles. The van der Waals surface area contributed by atoms with Gasteiger partial charge in [-0.05, 0) is 30.5 Å². The van der Waals surface area contributed by atoms with Crippen LogP contribution < -0.4 is 4.74 Å². The summed E-state index contributed by atoms with van der Waals surface area (Å²) in [5.74, 6) is 1.43. The number of alkyl halides is 3. The van der Waals surface area contributed by atoms with Crippen LogP contribution in [0.4, 0.5) is 13.2 Å². The Labute approximate surface area is 154 Å². The van der Waals surface area contributed by atoms with E-state index in [1.165, 1.54) is 18.2 Å². The molecule has 0 bridgehead atoms. The zero-order valence-electron chi connectivity index (χ0n) is 14.9. The van der Waals surface area contributed by atoms with Gasteiger partial charge in [0, 0.05) is 25.4 Å². The third-order valence-corrected chi connectivity index (χ3v) is 4.58. The number of aromatic nitrogens is 3. The smallest absolute Gasteiger partial charge is 0.406 e. The number of aryl methyl sites for hydroxylation is 1. The number of rotatable bonds is 5. The fourth-order valence-electron chi connectivity index (χ4n) is 3.18. The lowest BCUT2D eigenvalue weighted by Crippen LogP contribution is -2.39. The molecule has 6 nitrogen and oxygen atoms in total. The van der Waals surface area contributed by atoms with Crippen molar-refractivity contribution in [1.29, 1.82) is 0 Å². The van der Waals surface area contributed by atoms with Gasteiger partial charge in [0.2, 0.25) is 5.91 Å². The van der Waals surface area contributed by atoms with Crippen molar-refractivity contribution < 1.29 is 22.7 Å². The van der Waals surface area contributed by atoms with Gasteiger partial charge in [-0.1, -0.05) is 19.1 Å². The summed E-state index contributed by atoms with van der Waals surface area (Å²) in [6, 6.07) is 5.53. The average Bonchev–Trinajstić information content (AvgIpc) is 3.10. The van der Waals surface area contributed by atoms with Crippen molar-refractivity contribution in [3.05, 3.63) is 41.5 Å². The summed E-state index contributed by atoms with van der Waals surface area (Å²) >= 11 is 0. The summed E-state index contributed by atoms with van der Waals surface area (Å²) in [6.45, 7) is 3.16. The fourth-order valence-corrected chi connectivity index (χ4v) is 3.18. The summed E-state index contributed by atoms with van der Waals surface area (Å²) in [5.41, 5.74) is 0.491. The van der Waals surface area contributed by atoms with E-state index in [4.69, 9.17) is 0 Å². The van der Waals surface area contributed by atoms with E-state index in [0.717, 1.165) is 30.9 Å². The van der Waals surface area contributed by atoms with Crippen molar-refractivity contribution in [1.82, 2.24) is 20.1 Å². The van der Waals surface area contributed by atoms with Crippen molar-refractivity contribution in [2.24, 2.45) is 0 Å². The molecule has 27 heavy (non-hydrogen) atoms. The van der Waals surface area contributed by atoms with Gasteiger partial charge in [0.05, 0.1) is 6.42 Å². The Morgan fingerprint density at radius 1 is 1.33 bits per heavy atom. The van der Waals surface area contributed by atoms with Crippen LogP contribution in [-0.2, 0) is 17.6 Å². The molecule has 1 N–H and O–H groups in total. The minimum atomic E-state index is -4.75. The van der Waals surface area contributed by atoms with Crippen LogP contribution in [-0.4, -0.2) is 45.4 Å². The van der Waals surface area contributed by atoms with Crippen LogP contribution in [0, 0.1) is 0 Å². The highest BCUT2D eigenvalue weighted by Crippen LogP contribution is 2.27. The lowest BCUT2D eigenvalue weighted by molar-refractivity contribution is -0.274. The molecule has 0 unspecified atom stereocenters. The normalized spacial score (nSPS) is 15.8. The van der Waals surface area contributed by atoms with Gasteiger partial charge in [-0.15, -0.1) is 13.2 Å². The fraction of sp³-hybridized carbons (Fsp3) is 0.500. The van der Waals surface area contributed by atoms with Crippen LogP contribution in [0.5, 0.6) is 5.75 Å². The first-order chi connectivity index (χ1) is 12.8. The van der Waals surface area contributed by atoms with E-state index in [-0.39, 0.29) is 24.0 Å². The molecular formula is C18H21F3N4O2. The molecule has 1 aliphatic rings. The van der Waals surface area contributed by atoms with Crippen LogP contribution in [0.1, 0.15) is 42.9 Å². The first-order valence-electron chi connectivity index (χ1n) is 8.87. The number of aromatic amines is 1. The minimum absolute atomic E-state index is 0.0420. The van der Waals surface area contributed by atoms with E-state index >= 15 is 0 Å². The molecule has 0 atom stereocenters. The molecule has 1 aromatic carbocycles. The lowest BCUT2D eigenvalue weighted by atomic mass is 9.95. The van der Waals surface area contributed by atoms with Gasteiger partial charge in [0.15, 0.2) is 5.82 Å². The number of carbonyl (C=O) groups excluding carboxylic acids is 1. The zero-order valence-corrected chi connectivity index (χ0v) is 14.9. The third kappa shape index (κ3) is 5.21. The molecule has 1 aliphatic heterocycles. The molecule has 2 heterocycles. The lowest BCUT2D eigenvalue weighted by Gasteiger charge is -2.31. The number of piperidine rings is 1. The number of hydrogen-bond donors (Lipinski definition) is 1. The van der Waals surface area contributed by atoms with Crippen LogP contribution in [0.3, 0.4) is 0 Å². The number of ether oxygens (including phenoxy) is 1. The second kappa shape index (κ2) is 7.98. The Bertz CT molecular complexity index is 783. The van der Waals surface area contributed by atoms with E-state index in [9.17, 15) is 18.0 Å². The van der Waals surface area contributed by atoms with Crippen LogP contribution >= 0.6 is 0 Å². The van der Waals surface area contributed by atoms with Crippen molar-refractivity contribution in [3.63, 3.8) is 0 Å². The Kier molecular flexibility index (Phi) is 5.67. The van der Waals surface area contributed by atoms with Crippen LogP contribution in [0.15, 0.2) is 24.3 Å². The van der Waals surface area contributed by atoms with E-state index in [0.29, 0.717) is 18.7 Å². The molecule has 1 aromatic heterocycles. The van der Waals surface area contributed by atoms with Gasteiger partial charge in [-0.3, -0.25) is 9.89 Å². The summed E-state index contributed by atoms with van der Waals surface area (Å²) in [6.07, 6.45) is -2.38. The van der Waals surface area contributed by atoms with E-state index in [2.05, 4.69) is 19.9 Å². The van der Waals surface area contributed by atoms with E-state index in [1.54, 1.807) is 11.0 Å². The van der Waals surface area contributed by atoms with Gasteiger partial charge in [0.25, 0.3) is 0 Å². The van der Waals surface area contributed by atoms with E-state index in [1.807, 2.05) is 6.92 Å². The quantitative estimate of drug-likeness (QED) is 0.862. The number of benzene rings is 1. The standard InChI is InChI=1S/C18H21F3N4O2/c1-2-15-22-17(24-23-15)13-6-8-25(9-7-13)16(26)11-12-4-3-5-14(10-12)27-18(19,20)21/h3-5,10,13H,2,6-9,11H2,1H3,(H,22,23,24). The van der Waals surface area contributed by atoms with E-state index < -0.39 is 6.36 Å². The maximum Gasteiger partial charge on any atom is 0.573 e. The van der Waals surface area contributed by atoms with Gasteiger partial charge in [0.1, 0.15) is 11.6 Å². The maximum absolute atomic E-state index is 12.5. The number of H-pyrrole nitrogens is 1. The Morgan fingerprint density at radius 2 is 2.07 bits per heavy atom. The molecule has 0 aliphatic carbocycles. The monoisotopic (exact) mass is 382 g/mol. The number of likely N-dealkylation sites (tertiary alicyclic amines) is 1. The predicted octanol–water partition coefficient (Wildman–Crippen LogP) is 3.21. The number of nitrogens with one attached hydrogen (secondary N) is 1. The molecule has 2 aromatic rings. The highest BCUT2D eigenvalue weighted by Gasteiger charge is 2.31. The van der Waals surface area contributed by atoms with Crippen molar-refractivity contribution in [3.8, 4) is 5.75 Å². The Balaban J connectivity index is 1.54. The SMILES string of the molecule is CCc1nc(C2CCN(C(=O)Cc3cccc(OC(F)(F)F)c3)CC2)n[nH]1. The predicted molar refractivity (Wildman–Crippen MR) is 91.1 cm³/mol. The summed E-state index contributed by atoms with van der Waals surface area (Å²) < 4.78 is 40.9. The number of hydrogen-bond acceptors (Lipinski definition) is 4. The summed E-state index contributed by atoms with van der Waals surface area (Å²) in [7, 11) is 0. The molecule has 0 spiro atoms. The van der Waals surface area contributed by atoms with Crippen LogP contribution in [0.25, 0.3) is 0 Å². The van der Waals surface area contributed by atoms with Crippen molar-refractivity contribution >= 4 is 5.91 Å². The number of halogens is 3. The highest BCUT2D eigenvalue weighted by atomic mass is 19.4. The van der Waals surface area contributed by atoms with Crippen molar-refractivity contribution in [2.45, 2.75) is 44.9 Å². The summed E-state index contributed by atoms with van der Waals surface area (Å²) in [4.78, 5) is 18.7. The molecule has 3 rings (SSSR count). The molecule has 146 valence electrons. The second-order valence-corrected chi connectivity index (χ2v) is 6.52. The second-order valence-electron chi connectivity index (χ2n) is 6.52. The molecule has 1 saturated heterocycles. The molecular weight excluding hydrogens is 361 g/mol. The largest absolute Gasteiger partial charge is 0.573 e. The van der Waals surface area contributed by atoms with Crippen LogP contribution in [0.2, 0.25) is 0 Å². The highest BCUT2D eigenvalue weighted by molar-refractivity contribution is 5.79. The topological polar surface area (TPSA) is 71.1 Å². The van der Waals surface area contributed by atoms with Gasteiger partial charge < -0.3 is 9.64 Å². The molecule has 1 fully saturated rings. The maximum atomic E-state index is 12.5. The summed E-state index contributed by atoms with van der Waals surface area (Å²) in [5, 5.41) is 7.15. The number of carbonyl (C=O) groups is 1. The molecule has 9 heteroatoms. The zero-order chi connectivity index (χ0) is 19.4. The third-order valence-electron chi connectivity index (χ3n) is 4.58. The average molecular weight is 382 g/mol. The first-order valence-corrected chi connectivity index (χ1v) is 8.87. The first kappa shape index (κ1) is 19.2. The van der Waals surface area contributed by atoms with Crippen molar-refractivity contribution in [2.75, 3.05) is 13.1 Å². The Morgan fingerprint density at radius 3 is 2.70 bits per heavy atom. The Hall–Kier alpha value is -2.58. The molecule has 1 amide bonds. The number of amides is 1. The van der Waals surface area contributed by atoms with Gasteiger partial charge >= 0.3 is 6.36 Å². The number of nitrogens with zero attached hydrogens (tertiary/aromatic N) is 3. The molecule has 0 radical (unpaired) electrons. The van der Waals surface area contributed by atoms with Gasteiger partial charge in [-0.2, -0.15) is 5.10 Å². The van der Waals surface area contributed by atoms with Gasteiger partial charge in [-0.25, -0.2) is 4.98 Å².